The fourth-order valence-electron chi connectivity index (χ4n) is 5.07. The Morgan fingerprint density at radius 3 is 1.84 bits per heavy atom. The first-order valence-corrected chi connectivity index (χ1v) is 18.9. The number of hydrogen-bond acceptors (Lipinski definition) is 3. The molecule has 1 aromatic carbocycles. The summed E-state index contributed by atoms with van der Waals surface area (Å²) in [6, 6.07) is 4.43. The standard InChI is InChI=1S/C26H41NO2.2ClH.Zr/c1-29-24-18-22(20-27-23-16-12-9-13-17-23)26(28)25(19-24)21-14-10-7-5-3-2-4-6-8-11-15-21;;;/h18-21,23,28H,2-17H2,1H3;2*1H;/q;;;+2/p-2. The molecule has 1 aromatic rings. The zero-order chi connectivity index (χ0) is 23.0. The summed E-state index contributed by atoms with van der Waals surface area (Å²) in [7, 11) is 11.6. The second-order valence-electron chi connectivity index (χ2n) is 9.25. The quantitative estimate of drug-likeness (QED) is 0.373. The second kappa shape index (κ2) is 17.4. The van der Waals surface area contributed by atoms with E-state index in [1.165, 1.54) is 103 Å². The van der Waals surface area contributed by atoms with Gasteiger partial charge in [-0.25, -0.2) is 0 Å². The van der Waals surface area contributed by atoms with Gasteiger partial charge in [0, 0.05) is 23.4 Å². The molecule has 0 unspecified atom stereocenters. The van der Waals surface area contributed by atoms with Gasteiger partial charge in [0.15, 0.2) is 0 Å². The number of aliphatic imine (C=N–C) groups is 1. The van der Waals surface area contributed by atoms with Gasteiger partial charge in [-0.1, -0.05) is 77.0 Å². The predicted octanol–water partition coefficient (Wildman–Crippen LogP) is 8.92. The summed E-state index contributed by atoms with van der Waals surface area (Å²) in [5.74, 6) is 1.70. The fourth-order valence-corrected chi connectivity index (χ4v) is 5.07. The first kappa shape index (κ1) is 28.2. The van der Waals surface area contributed by atoms with Crippen LogP contribution in [0.15, 0.2) is 17.1 Å². The minimum atomic E-state index is -0.826. The van der Waals surface area contributed by atoms with Crippen LogP contribution in [-0.2, 0) is 20.8 Å². The van der Waals surface area contributed by atoms with Gasteiger partial charge in [-0.2, -0.15) is 0 Å². The molecular formula is C26H41Cl2NO2Zr. The average molecular weight is 562 g/mol. The number of benzene rings is 1. The van der Waals surface area contributed by atoms with E-state index in [0.29, 0.717) is 17.7 Å². The Morgan fingerprint density at radius 2 is 1.31 bits per heavy atom. The van der Waals surface area contributed by atoms with Gasteiger partial charge < -0.3 is 9.84 Å². The Kier molecular flexibility index (Phi) is 15.3. The molecule has 0 bridgehead atoms. The van der Waals surface area contributed by atoms with E-state index in [0.717, 1.165) is 16.9 Å². The first-order valence-electron chi connectivity index (χ1n) is 12.6. The number of rotatable bonds is 4. The summed E-state index contributed by atoms with van der Waals surface area (Å²) < 4.78 is 5.60. The number of ether oxygens (including phenoxy) is 1. The van der Waals surface area contributed by atoms with E-state index in [1.807, 2.05) is 12.3 Å². The van der Waals surface area contributed by atoms with E-state index in [4.69, 9.17) is 26.8 Å². The second-order valence-corrected chi connectivity index (χ2v) is 13.0. The Hall–Kier alpha value is -0.0469. The van der Waals surface area contributed by atoms with Crippen molar-refractivity contribution in [2.75, 3.05) is 7.11 Å². The number of methoxy groups -OCH3 is 1. The molecule has 0 atom stereocenters. The van der Waals surface area contributed by atoms with Crippen LogP contribution in [0.5, 0.6) is 11.5 Å². The zero-order valence-corrected chi connectivity index (χ0v) is 23.7. The number of phenolic OH excluding ortho intramolecular Hbond substituents is 1. The summed E-state index contributed by atoms with van der Waals surface area (Å²) in [6.07, 6.45) is 22.5. The molecule has 3 nitrogen and oxygen atoms in total. The Labute approximate surface area is 214 Å². The van der Waals surface area contributed by atoms with Crippen molar-refractivity contribution in [3.63, 3.8) is 0 Å². The third-order valence-electron chi connectivity index (χ3n) is 6.92. The monoisotopic (exact) mass is 559 g/mol. The molecule has 0 saturated heterocycles. The topological polar surface area (TPSA) is 41.8 Å². The van der Waals surface area contributed by atoms with Gasteiger partial charge in [0.05, 0.1) is 7.11 Å². The van der Waals surface area contributed by atoms with Crippen molar-refractivity contribution in [1.29, 1.82) is 0 Å². The molecule has 6 heteroatoms. The zero-order valence-electron chi connectivity index (χ0n) is 19.8. The number of aromatic hydroxyl groups is 1. The average Bonchev–Trinajstić information content (AvgIpc) is 2.80. The van der Waals surface area contributed by atoms with E-state index < -0.39 is 20.8 Å². The van der Waals surface area contributed by atoms with Gasteiger partial charge in [-0.05, 0) is 43.7 Å². The van der Waals surface area contributed by atoms with Crippen LogP contribution in [-0.4, -0.2) is 24.5 Å². The molecular weight excluding hydrogens is 520 g/mol. The van der Waals surface area contributed by atoms with Crippen LogP contribution in [0.2, 0.25) is 0 Å². The van der Waals surface area contributed by atoms with Crippen LogP contribution in [0.25, 0.3) is 0 Å². The van der Waals surface area contributed by atoms with Crippen LogP contribution in [0.1, 0.15) is 120 Å². The van der Waals surface area contributed by atoms with Crippen LogP contribution in [0.3, 0.4) is 0 Å². The van der Waals surface area contributed by atoms with Gasteiger partial charge in [0.1, 0.15) is 11.5 Å². The summed E-state index contributed by atoms with van der Waals surface area (Å²) in [6.45, 7) is 0. The number of hydrogen-bond donors (Lipinski definition) is 1. The summed E-state index contributed by atoms with van der Waals surface area (Å²) in [4.78, 5) is 4.82. The van der Waals surface area contributed by atoms with Crippen molar-refractivity contribution in [2.24, 2.45) is 4.99 Å². The summed E-state index contributed by atoms with van der Waals surface area (Å²) in [5.41, 5.74) is 1.91. The third-order valence-corrected chi connectivity index (χ3v) is 6.92. The molecule has 0 aliphatic heterocycles. The molecule has 0 spiro atoms. The molecule has 180 valence electrons. The molecule has 0 amide bonds. The molecule has 2 saturated carbocycles. The van der Waals surface area contributed by atoms with Crippen molar-refractivity contribution >= 4 is 23.2 Å². The number of halogens is 2. The van der Waals surface area contributed by atoms with E-state index in [-0.39, 0.29) is 0 Å². The number of phenols is 1. The van der Waals surface area contributed by atoms with E-state index in [2.05, 4.69) is 6.07 Å². The summed E-state index contributed by atoms with van der Waals surface area (Å²) >= 11 is -0.826. The molecule has 0 heterocycles. The van der Waals surface area contributed by atoms with Crippen LogP contribution >= 0.6 is 17.0 Å². The molecule has 2 aliphatic rings. The molecule has 0 radical (unpaired) electrons. The van der Waals surface area contributed by atoms with Crippen molar-refractivity contribution in [3.8, 4) is 11.5 Å². The Bertz CT molecular complexity index is 653. The predicted molar refractivity (Wildman–Crippen MR) is 134 cm³/mol. The molecule has 2 fully saturated rings. The van der Waals surface area contributed by atoms with Crippen LogP contribution in [0.4, 0.5) is 0 Å². The van der Waals surface area contributed by atoms with Gasteiger partial charge in [-0.15, -0.1) is 0 Å². The van der Waals surface area contributed by atoms with Crippen molar-refractivity contribution in [1.82, 2.24) is 0 Å². The van der Waals surface area contributed by atoms with Crippen molar-refractivity contribution < 1.29 is 30.7 Å². The van der Waals surface area contributed by atoms with Crippen LogP contribution < -0.4 is 4.74 Å². The van der Waals surface area contributed by atoms with Gasteiger partial charge in [0.2, 0.25) is 0 Å². The minimum absolute atomic E-state index is 0.416. The normalized spacial score (nSPS) is 20.0. The maximum atomic E-state index is 11.1. The molecule has 1 N–H and O–H groups in total. The fraction of sp³-hybridized carbons (Fsp3) is 0.731. The molecule has 32 heavy (non-hydrogen) atoms. The van der Waals surface area contributed by atoms with Crippen molar-refractivity contribution in [3.05, 3.63) is 23.3 Å². The molecule has 0 aromatic heterocycles. The van der Waals surface area contributed by atoms with Crippen molar-refractivity contribution in [2.45, 2.75) is 115 Å². The Morgan fingerprint density at radius 1 is 0.844 bits per heavy atom. The van der Waals surface area contributed by atoms with Crippen LogP contribution in [0, 0.1) is 0 Å². The Balaban J connectivity index is 0.00000114. The SMILES string of the molecule is COc1cc(C=NC2CCCCC2)c(O)c(C2CCCCCCCCCCC2)c1.[Cl][Zr][Cl]. The number of nitrogens with zero attached hydrogens (tertiary/aromatic N) is 1. The van der Waals surface area contributed by atoms with E-state index >= 15 is 0 Å². The first-order chi connectivity index (χ1) is 15.7. The van der Waals surface area contributed by atoms with E-state index in [9.17, 15) is 5.11 Å². The maximum absolute atomic E-state index is 11.1. The third kappa shape index (κ3) is 10.5. The van der Waals surface area contributed by atoms with Gasteiger partial charge in [0.25, 0.3) is 0 Å². The van der Waals surface area contributed by atoms with Gasteiger partial charge >= 0.3 is 37.9 Å². The molecule has 3 rings (SSSR count). The van der Waals surface area contributed by atoms with E-state index in [1.54, 1.807) is 7.11 Å². The van der Waals surface area contributed by atoms with Gasteiger partial charge in [-0.3, -0.25) is 4.99 Å². The summed E-state index contributed by atoms with van der Waals surface area (Å²) in [5, 5.41) is 11.1. The molecule has 2 aliphatic carbocycles.